The van der Waals surface area contributed by atoms with Crippen LogP contribution in [0.2, 0.25) is 0 Å². The van der Waals surface area contributed by atoms with Crippen LogP contribution >= 0.6 is 0 Å². The fourth-order valence-corrected chi connectivity index (χ4v) is 0.497. The van der Waals surface area contributed by atoms with Crippen molar-refractivity contribution in [2.75, 3.05) is 0 Å². The first-order chi connectivity index (χ1) is 3.98. The summed E-state index contributed by atoms with van der Waals surface area (Å²) in [6.07, 6.45) is -1.89. The van der Waals surface area contributed by atoms with Gasteiger partial charge in [0, 0.05) is 12.0 Å². The molecule has 56 valence electrons. The van der Waals surface area contributed by atoms with Crippen LogP contribution in [0.3, 0.4) is 0 Å². The maximum atomic E-state index is 11.6. The summed E-state index contributed by atoms with van der Waals surface area (Å²) in [6.45, 7) is 3.45. The molecule has 0 aromatic heterocycles. The summed E-state index contributed by atoms with van der Waals surface area (Å²) in [5.41, 5.74) is 4.75. The number of halogens is 2. The predicted octanol–water partition coefficient (Wildman–Crippen LogP) is 1.77. The molecule has 0 saturated heterocycles. The van der Waals surface area contributed by atoms with Crippen molar-refractivity contribution in [3.8, 4) is 0 Å². The minimum Gasteiger partial charge on any atom is -0.325 e. The molecule has 0 aliphatic carbocycles. The molecule has 0 spiro atoms. The largest absolute Gasteiger partial charge is 0.325 e. The van der Waals surface area contributed by atoms with Gasteiger partial charge in [0.1, 0.15) is 0 Å². The number of nitrogens with two attached hydrogens (primary N) is 1. The van der Waals surface area contributed by atoms with Crippen molar-refractivity contribution in [2.45, 2.75) is 38.7 Å². The molecule has 9 heavy (non-hydrogen) atoms. The van der Waals surface area contributed by atoms with E-state index >= 15 is 0 Å². The fourth-order valence-electron chi connectivity index (χ4n) is 0.497. The highest BCUT2D eigenvalue weighted by Crippen LogP contribution is 2.15. The van der Waals surface area contributed by atoms with Gasteiger partial charge in [-0.3, -0.25) is 0 Å². The molecule has 0 aliphatic rings. The van der Waals surface area contributed by atoms with E-state index in [9.17, 15) is 8.78 Å². The quantitative estimate of drug-likeness (QED) is 0.630. The Balaban J connectivity index is 3.58. The first kappa shape index (κ1) is 8.82. The van der Waals surface area contributed by atoms with E-state index in [4.69, 9.17) is 5.73 Å². The number of rotatable bonds is 3. The lowest BCUT2D eigenvalue weighted by Crippen LogP contribution is -2.37. The van der Waals surface area contributed by atoms with E-state index in [1.807, 2.05) is 6.92 Å². The maximum absolute atomic E-state index is 11.6. The molecule has 0 aromatic rings. The van der Waals surface area contributed by atoms with Crippen molar-refractivity contribution in [3.63, 3.8) is 0 Å². The molecule has 0 amide bonds. The monoisotopic (exact) mass is 137 g/mol. The Bertz CT molecular complexity index is 81.1. The van der Waals surface area contributed by atoms with Crippen molar-refractivity contribution in [3.05, 3.63) is 0 Å². The fraction of sp³-hybridized carbons (Fsp3) is 1.00. The van der Waals surface area contributed by atoms with Crippen molar-refractivity contribution in [1.29, 1.82) is 0 Å². The highest BCUT2D eigenvalue weighted by molar-refractivity contribution is 4.76. The third-order valence-electron chi connectivity index (χ3n) is 1.43. The number of hydrogen-bond donors (Lipinski definition) is 1. The summed E-state index contributed by atoms with van der Waals surface area (Å²) in [5, 5.41) is 0. The molecule has 0 saturated carbocycles. The second-order valence-electron chi connectivity index (χ2n) is 2.60. The first-order valence-corrected chi connectivity index (χ1v) is 3.05. The molecule has 1 atom stereocenters. The zero-order valence-electron chi connectivity index (χ0n) is 5.82. The summed E-state index contributed by atoms with van der Waals surface area (Å²) in [6, 6.07) is 0. The SMILES string of the molecule is CCC(C)(N)CC(F)F. The van der Waals surface area contributed by atoms with Gasteiger partial charge in [-0.1, -0.05) is 6.92 Å². The molecule has 0 aromatic carbocycles. The standard InChI is InChI=1S/C6H13F2N/c1-3-6(2,9)4-5(7)8/h5H,3-4,9H2,1-2H3. The van der Waals surface area contributed by atoms with Crippen LogP contribution in [-0.4, -0.2) is 12.0 Å². The van der Waals surface area contributed by atoms with E-state index in [0.29, 0.717) is 6.42 Å². The molecule has 0 heterocycles. The van der Waals surface area contributed by atoms with Crippen LogP contribution in [0, 0.1) is 0 Å². The van der Waals surface area contributed by atoms with Gasteiger partial charge in [0.2, 0.25) is 6.43 Å². The van der Waals surface area contributed by atoms with Gasteiger partial charge in [0.15, 0.2) is 0 Å². The van der Waals surface area contributed by atoms with Crippen LogP contribution < -0.4 is 5.73 Å². The van der Waals surface area contributed by atoms with Crippen LogP contribution in [0.4, 0.5) is 8.78 Å². The van der Waals surface area contributed by atoms with Gasteiger partial charge >= 0.3 is 0 Å². The van der Waals surface area contributed by atoms with Gasteiger partial charge in [-0.25, -0.2) is 8.78 Å². The third kappa shape index (κ3) is 4.33. The molecule has 2 N–H and O–H groups in total. The lowest BCUT2D eigenvalue weighted by Gasteiger charge is -2.21. The molecule has 1 nitrogen and oxygen atoms in total. The Morgan fingerprint density at radius 3 is 2.11 bits per heavy atom. The van der Waals surface area contributed by atoms with Gasteiger partial charge in [0.05, 0.1) is 0 Å². The zero-order chi connectivity index (χ0) is 7.49. The van der Waals surface area contributed by atoms with Crippen LogP contribution in [0.15, 0.2) is 0 Å². The molecule has 3 heteroatoms. The molecule has 0 aliphatic heterocycles. The van der Waals surface area contributed by atoms with E-state index < -0.39 is 12.0 Å². The summed E-state index contributed by atoms with van der Waals surface area (Å²) in [7, 11) is 0. The molecular formula is C6H13F2N. The summed E-state index contributed by atoms with van der Waals surface area (Å²) >= 11 is 0. The van der Waals surface area contributed by atoms with Gasteiger partial charge in [-0.2, -0.15) is 0 Å². The smallest absolute Gasteiger partial charge is 0.240 e. The van der Waals surface area contributed by atoms with E-state index in [2.05, 4.69) is 0 Å². The topological polar surface area (TPSA) is 26.0 Å². The minimum absolute atomic E-state index is 0.205. The molecule has 0 fully saturated rings. The summed E-state index contributed by atoms with van der Waals surface area (Å²) < 4.78 is 23.3. The average molecular weight is 137 g/mol. The molecule has 1 unspecified atom stereocenters. The Labute approximate surface area is 54.2 Å². The molecule has 0 radical (unpaired) electrons. The van der Waals surface area contributed by atoms with E-state index in [0.717, 1.165) is 0 Å². The Morgan fingerprint density at radius 2 is 2.00 bits per heavy atom. The summed E-state index contributed by atoms with van der Waals surface area (Å²) in [5.74, 6) is 0. The highest BCUT2D eigenvalue weighted by atomic mass is 19.3. The van der Waals surface area contributed by atoms with Crippen LogP contribution in [0.1, 0.15) is 26.7 Å². The molecular weight excluding hydrogens is 124 g/mol. The van der Waals surface area contributed by atoms with Crippen LogP contribution in [-0.2, 0) is 0 Å². The lowest BCUT2D eigenvalue weighted by molar-refractivity contribution is 0.108. The van der Waals surface area contributed by atoms with Crippen molar-refractivity contribution < 1.29 is 8.78 Å². The van der Waals surface area contributed by atoms with Crippen LogP contribution in [0.5, 0.6) is 0 Å². The Morgan fingerprint density at radius 1 is 1.56 bits per heavy atom. The van der Waals surface area contributed by atoms with Gasteiger partial charge in [-0.15, -0.1) is 0 Å². The second kappa shape index (κ2) is 3.11. The second-order valence-corrected chi connectivity index (χ2v) is 2.60. The van der Waals surface area contributed by atoms with E-state index in [1.54, 1.807) is 6.92 Å². The van der Waals surface area contributed by atoms with Crippen molar-refractivity contribution in [2.24, 2.45) is 5.73 Å². The Hall–Kier alpha value is -0.180. The maximum Gasteiger partial charge on any atom is 0.240 e. The predicted molar refractivity (Wildman–Crippen MR) is 33.5 cm³/mol. The molecule has 0 bridgehead atoms. The summed E-state index contributed by atoms with van der Waals surface area (Å²) in [4.78, 5) is 0. The Kier molecular flexibility index (Phi) is 3.04. The van der Waals surface area contributed by atoms with Gasteiger partial charge in [-0.05, 0) is 13.3 Å². The minimum atomic E-state index is -2.28. The van der Waals surface area contributed by atoms with Gasteiger partial charge < -0.3 is 5.73 Å². The van der Waals surface area contributed by atoms with E-state index in [1.165, 1.54) is 0 Å². The lowest BCUT2D eigenvalue weighted by atomic mass is 9.97. The van der Waals surface area contributed by atoms with Gasteiger partial charge in [0.25, 0.3) is 0 Å². The van der Waals surface area contributed by atoms with Crippen LogP contribution in [0.25, 0.3) is 0 Å². The van der Waals surface area contributed by atoms with Crippen molar-refractivity contribution in [1.82, 2.24) is 0 Å². The van der Waals surface area contributed by atoms with E-state index in [-0.39, 0.29) is 6.42 Å². The molecule has 0 rings (SSSR count). The number of alkyl halides is 2. The third-order valence-corrected chi connectivity index (χ3v) is 1.43. The van der Waals surface area contributed by atoms with Crippen molar-refractivity contribution >= 4 is 0 Å². The zero-order valence-corrected chi connectivity index (χ0v) is 5.82. The first-order valence-electron chi connectivity index (χ1n) is 3.05. The highest BCUT2D eigenvalue weighted by Gasteiger charge is 2.20. The normalized spacial score (nSPS) is 18.0. The number of hydrogen-bond acceptors (Lipinski definition) is 1. The average Bonchev–Trinajstić information content (AvgIpc) is 1.63.